The third kappa shape index (κ3) is 2.66. The lowest BCUT2D eigenvalue weighted by Crippen LogP contribution is -2.23. The number of fused-ring (bicyclic) bond motifs is 2. The zero-order valence-electron chi connectivity index (χ0n) is 15.9. The minimum Gasteiger partial charge on any atom is -0.383 e. The number of rotatable bonds is 4. The van der Waals surface area contributed by atoms with E-state index in [1.165, 1.54) is 24.7 Å². The van der Waals surface area contributed by atoms with Crippen molar-refractivity contribution in [2.75, 3.05) is 23.7 Å². The van der Waals surface area contributed by atoms with Crippen LogP contribution in [0.1, 0.15) is 37.8 Å². The second-order valence-electron chi connectivity index (χ2n) is 7.30. The quantitative estimate of drug-likeness (QED) is 0.589. The number of para-hydroxylation sites is 1. The fourth-order valence-corrected chi connectivity index (χ4v) is 4.18. The first-order chi connectivity index (χ1) is 13.8. The highest BCUT2D eigenvalue weighted by Gasteiger charge is 2.25. The average molecular weight is 373 g/mol. The molecule has 0 aliphatic carbocycles. The van der Waals surface area contributed by atoms with Crippen molar-refractivity contribution in [3.8, 4) is 0 Å². The average Bonchev–Trinajstić information content (AvgIpc) is 3.39. The van der Waals surface area contributed by atoms with E-state index in [-0.39, 0.29) is 6.04 Å². The summed E-state index contributed by atoms with van der Waals surface area (Å²) in [5.41, 5.74) is 9.01. The van der Waals surface area contributed by atoms with Gasteiger partial charge in [0.25, 0.3) is 0 Å². The molecule has 1 atom stereocenters. The third-order valence-electron chi connectivity index (χ3n) is 5.60. The zero-order chi connectivity index (χ0) is 19.1. The van der Waals surface area contributed by atoms with Crippen molar-refractivity contribution in [1.82, 2.24) is 24.7 Å². The van der Waals surface area contributed by atoms with Gasteiger partial charge in [0.15, 0.2) is 5.65 Å². The Morgan fingerprint density at radius 2 is 1.96 bits per heavy atom. The summed E-state index contributed by atoms with van der Waals surface area (Å²) in [5.74, 6) is 1.52. The van der Waals surface area contributed by atoms with Crippen molar-refractivity contribution in [3.05, 3.63) is 48.4 Å². The van der Waals surface area contributed by atoms with Gasteiger partial charge in [-0.15, -0.1) is 0 Å². The fourth-order valence-electron chi connectivity index (χ4n) is 4.18. The van der Waals surface area contributed by atoms with Gasteiger partial charge in [0, 0.05) is 24.0 Å². The van der Waals surface area contributed by atoms with Crippen LogP contribution in [-0.2, 0) is 0 Å². The molecule has 28 heavy (non-hydrogen) atoms. The topological polar surface area (TPSA) is 85.8 Å². The standard InChI is InChI=1S/C21H23N7/c1-2-18(28-20-16(12-25-28)19(22)23-13-24-20)15-11-14-7-3-4-8-17(14)26-21(15)27-9-5-6-10-27/h3-4,7-8,11-13,18H,2,5-6,9-10H2,1H3,(H2,22,23,24). The van der Waals surface area contributed by atoms with Crippen LogP contribution in [0, 0.1) is 0 Å². The smallest absolute Gasteiger partial charge is 0.163 e. The first-order valence-electron chi connectivity index (χ1n) is 9.84. The lowest BCUT2D eigenvalue weighted by atomic mass is 10.0. The Labute approximate surface area is 163 Å². The van der Waals surface area contributed by atoms with Crippen LogP contribution in [0.4, 0.5) is 11.6 Å². The van der Waals surface area contributed by atoms with E-state index in [1.807, 2.05) is 10.7 Å². The van der Waals surface area contributed by atoms with E-state index >= 15 is 0 Å². The van der Waals surface area contributed by atoms with Gasteiger partial charge in [-0.25, -0.2) is 19.6 Å². The van der Waals surface area contributed by atoms with E-state index in [9.17, 15) is 0 Å². The van der Waals surface area contributed by atoms with E-state index in [0.717, 1.165) is 47.3 Å². The van der Waals surface area contributed by atoms with Gasteiger partial charge >= 0.3 is 0 Å². The van der Waals surface area contributed by atoms with Crippen molar-refractivity contribution >= 4 is 33.6 Å². The molecule has 1 unspecified atom stereocenters. The number of nitrogen functional groups attached to an aromatic ring is 1. The number of benzene rings is 1. The third-order valence-corrected chi connectivity index (χ3v) is 5.60. The molecule has 7 nitrogen and oxygen atoms in total. The normalized spacial score (nSPS) is 15.5. The molecule has 1 aliphatic heterocycles. The summed E-state index contributed by atoms with van der Waals surface area (Å²) in [6.07, 6.45) is 6.56. The predicted octanol–water partition coefficient (Wildman–Crippen LogP) is 3.56. The number of pyridine rings is 1. The monoisotopic (exact) mass is 373 g/mol. The van der Waals surface area contributed by atoms with Gasteiger partial charge in [-0.1, -0.05) is 25.1 Å². The van der Waals surface area contributed by atoms with Gasteiger partial charge in [0.05, 0.1) is 23.1 Å². The zero-order valence-corrected chi connectivity index (χ0v) is 15.9. The summed E-state index contributed by atoms with van der Waals surface area (Å²) in [6.45, 7) is 4.26. The molecule has 1 aromatic carbocycles. The van der Waals surface area contributed by atoms with Gasteiger partial charge in [0.2, 0.25) is 0 Å². The second kappa shape index (κ2) is 6.74. The molecule has 1 aliphatic rings. The highest BCUT2D eigenvalue weighted by atomic mass is 15.3. The van der Waals surface area contributed by atoms with Crippen molar-refractivity contribution in [2.24, 2.45) is 0 Å². The highest BCUT2D eigenvalue weighted by Crippen LogP contribution is 2.35. The summed E-state index contributed by atoms with van der Waals surface area (Å²) in [5, 5.41) is 6.57. The molecule has 2 N–H and O–H groups in total. The van der Waals surface area contributed by atoms with Gasteiger partial charge in [-0.05, 0) is 31.4 Å². The first kappa shape index (κ1) is 16.9. The van der Waals surface area contributed by atoms with Crippen molar-refractivity contribution in [1.29, 1.82) is 0 Å². The Hall–Kier alpha value is -3.22. The first-order valence-corrected chi connectivity index (χ1v) is 9.84. The maximum atomic E-state index is 6.03. The molecule has 1 saturated heterocycles. The van der Waals surface area contributed by atoms with E-state index in [2.05, 4.69) is 51.2 Å². The van der Waals surface area contributed by atoms with Crippen LogP contribution in [0.25, 0.3) is 21.9 Å². The summed E-state index contributed by atoms with van der Waals surface area (Å²) in [4.78, 5) is 16.0. The van der Waals surface area contributed by atoms with Crippen molar-refractivity contribution in [3.63, 3.8) is 0 Å². The number of nitrogens with zero attached hydrogens (tertiary/aromatic N) is 6. The maximum Gasteiger partial charge on any atom is 0.163 e. The number of aromatic nitrogens is 5. The molecule has 0 bridgehead atoms. The number of hydrogen-bond donors (Lipinski definition) is 1. The van der Waals surface area contributed by atoms with Crippen LogP contribution < -0.4 is 10.6 Å². The maximum absolute atomic E-state index is 6.03. The lowest BCUT2D eigenvalue weighted by Gasteiger charge is -2.25. The molecule has 0 saturated carbocycles. The molecule has 0 spiro atoms. The van der Waals surface area contributed by atoms with Crippen LogP contribution in [0.15, 0.2) is 42.9 Å². The second-order valence-corrected chi connectivity index (χ2v) is 7.30. The van der Waals surface area contributed by atoms with E-state index in [1.54, 1.807) is 6.20 Å². The van der Waals surface area contributed by atoms with Gasteiger partial charge in [-0.2, -0.15) is 5.10 Å². The summed E-state index contributed by atoms with van der Waals surface area (Å²) < 4.78 is 1.97. The minimum atomic E-state index is 0.0273. The van der Waals surface area contributed by atoms with Crippen molar-refractivity contribution in [2.45, 2.75) is 32.2 Å². The molecule has 7 heteroatoms. The van der Waals surface area contributed by atoms with Gasteiger partial charge in [-0.3, -0.25) is 0 Å². The predicted molar refractivity (Wildman–Crippen MR) is 111 cm³/mol. The van der Waals surface area contributed by atoms with E-state index in [0.29, 0.717) is 5.82 Å². The number of anilines is 2. The minimum absolute atomic E-state index is 0.0273. The van der Waals surface area contributed by atoms with E-state index in [4.69, 9.17) is 10.7 Å². The van der Waals surface area contributed by atoms with Crippen LogP contribution in [0.3, 0.4) is 0 Å². The summed E-state index contributed by atoms with van der Waals surface area (Å²) in [7, 11) is 0. The number of nitrogens with two attached hydrogens (primary N) is 1. The molecule has 0 radical (unpaired) electrons. The van der Waals surface area contributed by atoms with Gasteiger partial charge in [0.1, 0.15) is 18.0 Å². The molecular formula is C21H23N7. The molecule has 5 rings (SSSR count). The Balaban J connectivity index is 1.72. The molecule has 142 valence electrons. The van der Waals surface area contributed by atoms with Crippen LogP contribution in [0.5, 0.6) is 0 Å². The van der Waals surface area contributed by atoms with Crippen LogP contribution in [0.2, 0.25) is 0 Å². The summed E-state index contributed by atoms with van der Waals surface area (Å²) in [6, 6.07) is 10.6. The number of hydrogen-bond acceptors (Lipinski definition) is 6. The SMILES string of the molecule is CCC(c1cc2ccccc2nc1N1CCCC1)n1ncc2c(N)ncnc21. The highest BCUT2D eigenvalue weighted by molar-refractivity contribution is 5.85. The Morgan fingerprint density at radius 3 is 2.79 bits per heavy atom. The largest absolute Gasteiger partial charge is 0.383 e. The van der Waals surface area contributed by atoms with E-state index < -0.39 is 0 Å². The molecule has 1 fully saturated rings. The molecule has 3 aromatic heterocycles. The molecule has 0 amide bonds. The summed E-state index contributed by atoms with van der Waals surface area (Å²) >= 11 is 0. The molecule has 4 aromatic rings. The Kier molecular flexibility index (Phi) is 4.07. The Morgan fingerprint density at radius 1 is 1.14 bits per heavy atom. The van der Waals surface area contributed by atoms with Crippen LogP contribution in [-0.4, -0.2) is 37.8 Å². The van der Waals surface area contributed by atoms with Crippen LogP contribution >= 0.6 is 0 Å². The molecule has 4 heterocycles. The lowest BCUT2D eigenvalue weighted by molar-refractivity contribution is 0.520. The van der Waals surface area contributed by atoms with Gasteiger partial charge < -0.3 is 10.6 Å². The van der Waals surface area contributed by atoms with Crippen molar-refractivity contribution < 1.29 is 0 Å². The Bertz CT molecular complexity index is 1140. The molecular weight excluding hydrogens is 350 g/mol. The fraction of sp³-hybridized carbons (Fsp3) is 0.333.